The van der Waals surface area contributed by atoms with Crippen molar-refractivity contribution in [2.75, 3.05) is 0 Å². The Labute approximate surface area is 121 Å². The summed E-state index contributed by atoms with van der Waals surface area (Å²) in [5.74, 6) is -0.355. The number of carbonyl (C=O) groups is 1. The van der Waals surface area contributed by atoms with Crippen LogP contribution < -0.4 is 5.56 Å². The fourth-order valence-corrected chi connectivity index (χ4v) is 2.88. The summed E-state index contributed by atoms with van der Waals surface area (Å²) in [4.78, 5) is 28.2. The maximum Gasteiger partial charge on any atom is 0.345 e. The molecule has 5 nitrogen and oxygen atoms in total. The maximum atomic E-state index is 12.0. The van der Waals surface area contributed by atoms with Gasteiger partial charge in [-0.2, -0.15) is 0 Å². The van der Waals surface area contributed by atoms with Gasteiger partial charge in [-0.15, -0.1) is 11.3 Å². The van der Waals surface area contributed by atoms with Crippen molar-refractivity contribution in [1.82, 2.24) is 9.55 Å². The number of aromatic nitrogens is 2. The van der Waals surface area contributed by atoms with Crippen molar-refractivity contribution in [1.29, 1.82) is 0 Å². The lowest BCUT2D eigenvalue weighted by molar-refractivity contribution is 0.0702. The minimum atomic E-state index is -0.948. The fraction of sp³-hybridized carbons (Fsp3) is 0.250. The second kappa shape index (κ2) is 5.26. The Balaban J connectivity index is 2.45. The maximum absolute atomic E-state index is 12.0. The lowest BCUT2D eigenvalue weighted by atomic mass is 10.2. The van der Waals surface area contributed by atoms with E-state index in [0.29, 0.717) is 16.8 Å². The zero-order chi connectivity index (χ0) is 14.2. The lowest BCUT2D eigenvalue weighted by Crippen LogP contribution is -2.24. The highest BCUT2D eigenvalue weighted by Gasteiger charge is 2.13. The summed E-state index contributed by atoms with van der Waals surface area (Å²) in [5.41, 5.74) is 0.655. The summed E-state index contributed by atoms with van der Waals surface area (Å²) in [6.07, 6.45) is 1.47. The van der Waals surface area contributed by atoms with E-state index in [1.54, 1.807) is 13.0 Å². The highest BCUT2D eigenvalue weighted by Crippen LogP contribution is 2.22. The van der Waals surface area contributed by atoms with E-state index in [1.807, 2.05) is 6.92 Å². The Kier molecular flexibility index (Phi) is 3.86. The Hall–Kier alpha value is -1.47. The molecule has 0 radical (unpaired) electrons. The van der Waals surface area contributed by atoms with E-state index in [9.17, 15) is 9.59 Å². The van der Waals surface area contributed by atoms with Gasteiger partial charge in [0.2, 0.25) is 0 Å². The molecular weight excluding hydrogens is 332 g/mol. The number of aryl methyl sites for hydroxylation is 2. The largest absolute Gasteiger partial charge is 0.477 e. The second-order valence-electron chi connectivity index (χ2n) is 4.04. The number of carboxylic acid groups (broad SMARTS) is 1. The van der Waals surface area contributed by atoms with Gasteiger partial charge in [0, 0.05) is 11.1 Å². The van der Waals surface area contributed by atoms with Gasteiger partial charge in [0.05, 0.1) is 6.54 Å². The van der Waals surface area contributed by atoms with Gasteiger partial charge in [-0.25, -0.2) is 9.78 Å². The SMILES string of the molecule is Cc1sc(C(=O)O)cc1Cn1c(C)ncc(Br)c1=O. The molecule has 0 aliphatic carbocycles. The second-order valence-corrected chi connectivity index (χ2v) is 6.15. The van der Waals surface area contributed by atoms with Crippen LogP contribution in [-0.4, -0.2) is 20.6 Å². The summed E-state index contributed by atoms with van der Waals surface area (Å²) in [6, 6.07) is 1.61. The molecule has 0 saturated carbocycles. The normalized spacial score (nSPS) is 10.7. The summed E-state index contributed by atoms with van der Waals surface area (Å²) in [7, 11) is 0. The number of carboxylic acids is 1. The van der Waals surface area contributed by atoms with Crippen LogP contribution in [0, 0.1) is 13.8 Å². The molecule has 0 bridgehead atoms. The van der Waals surface area contributed by atoms with Crippen LogP contribution in [0.1, 0.15) is 25.9 Å². The molecule has 0 fully saturated rings. The summed E-state index contributed by atoms with van der Waals surface area (Å²) in [5, 5.41) is 8.96. The molecule has 0 aromatic carbocycles. The average molecular weight is 343 g/mol. The van der Waals surface area contributed by atoms with Crippen LogP contribution in [0.2, 0.25) is 0 Å². The van der Waals surface area contributed by atoms with Crippen molar-refractivity contribution >= 4 is 33.2 Å². The van der Waals surface area contributed by atoms with Crippen molar-refractivity contribution in [2.24, 2.45) is 0 Å². The molecule has 0 amide bonds. The third-order valence-electron chi connectivity index (χ3n) is 2.76. The predicted octanol–water partition coefficient (Wildman–Crippen LogP) is 2.43. The monoisotopic (exact) mass is 342 g/mol. The quantitative estimate of drug-likeness (QED) is 0.929. The number of hydrogen-bond donors (Lipinski definition) is 1. The zero-order valence-corrected chi connectivity index (χ0v) is 12.7. The van der Waals surface area contributed by atoms with Crippen molar-refractivity contribution in [2.45, 2.75) is 20.4 Å². The van der Waals surface area contributed by atoms with Crippen molar-refractivity contribution in [3.63, 3.8) is 0 Å². The van der Waals surface area contributed by atoms with E-state index in [-0.39, 0.29) is 10.4 Å². The van der Waals surface area contributed by atoms with E-state index in [0.717, 1.165) is 10.4 Å². The van der Waals surface area contributed by atoms with Gasteiger partial charge in [0.1, 0.15) is 15.2 Å². The van der Waals surface area contributed by atoms with Gasteiger partial charge < -0.3 is 5.11 Å². The molecule has 2 rings (SSSR count). The Morgan fingerprint density at radius 2 is 2.21 bits per heavy atom. The summed E-state index contributed by atoms with van der Waals surface area (Å²) in [6.45, 7) is 3.92. The first-order chi connectivity index (χ1) is 8.90. The molecule has 0 spiro atoms. The minimum Gasteiger partial charge on any atom is -0.477 e. The first-order valence-corrected chi connectivity index (χ1v) is 7.05. The van der Waals surface area contributed by atoms with Crippen LogP contribution in [0.25, 0.3) is 0 Å². The molecule has 2 aromatic heterocycles. The van der Waals surface area contributed by atoms with Crippen LogP contribution >= 0.6 is 27.3 Å². The van der Waals surface area contributed by atoms with E-state index < -0.39 is 5.97 Å². The third-order valence-corrected chi connectivity index (χ3v) is 4.39. The molecule has 2 heterocycles. The molecule has 0 atom stereocenters. The minimum absolute atomic E-state index is 0.171. The molecule has 2 aromatic rings. The molecule has 1 N–H and O–H groups in total. The molecule has 7 heteroatoms. The van der Waals surface area contributed by atoms with Gasteiger partial charge >= 0.3 is 5.97 Å². The average Bonchev–Trinajstić information content (AvgIpc) is 2.72. The number of aromatic carboxylic acids is 1. The molecule has 100 valence electrons. The first kappa shape index (κ1) is 14.0. The van der Waals surface area contributed by atoms with E-state index in [4.69, 9.17) is 5.11 Å². The molecule has 0 aliphatic rings. The number of rotatable bonds is 3. The predicted molar refractivity (Wildman–Crippen MR) is 76.1 cm³/mol. The molecule has 0 unspecified atom stereocenters. The Morgan fingerprint density at radius 3 is 2.79 bits per heavy atom. The van der Waals surface area contributed by atoms with Crippen molar-refractivity contribution in [3.05, 3.63) is 48.2 Å². The van der Waals surface area contributed by atoms with Crippen molar-refractivity contribution < 1.29 is 9.90 Å². The Morgan fingerprint density at radius 1 is 1.53 bits per heavy atom. The number of halogens is 1. The van der Waals surface area contributed by atoms with Crippen LogP contribution in [0.4, 0.5) is 0 Å². The highest BCUT2D eigenvalue weighted by molar-refractivity contribution is 9.10. The third kappa shape index (κ3) is 2.76. The number of hydrogen-bond acceptors (Lipinski definition) is 4. The van der Waals surface area contributed by atoms with Gasteiger partial charge in [-0.1, -0.05) is 0 Å². The zero-order valence-electron chi connectivity index (χ0n) is 10.3. The Bertz CT molecular complexity index is 705. The van der Waals surface area contributed by atoms with Crippen molar-refractivity contribution in [3.8, 4) is 0 Å². The highest BCUT2D eigenvalue weighted by atomic mass is 79.9. The lowest BCUT2D eigenvalue weighted by Gasteiger charge is -2.08. The smallest absolute Gasteiger partial charge is 0.345 e. The number of thiophene rings is 1. The van der Waals surface area contributed by atoms with Gasteiger partial charge in [0.15, 0.2) is 0 Å². The summed E-state index contributed by atoms with van der Waals surface area (Å²) < 4.78 is 1.91. The van der Waals surface area contributed by atoms with Gasteiger partial charge in [0.25, 0.3) is 5.56 Å². The standard InChI is InChI=1S/C12H11BrN2O3S/c1-6-8(3-10(19-6)12(17)18)5-15-7(2)14-4-9(13)11(15)16/h3-4H,5H2,1-2H3,(H,17,18). The van der Waals surface area contributed by atoms with Crippen LogP contribution in [0.5, 0.6) is 0 Å². The van der Waals surface area contributed by atoms with Crippen LogP contribution in [0.15, 0.2) is 21.5 Å². The van der Waals surface area contributed by atoms with Crippen LogP contribution in [-0.2, 0) is 6.54 Å². The van der Waals surface area contributed by atoms with Crippen LogP contribution in [0.3, 0.4) is 0 Å². The fourth-order valence-electron chi connectivity index (χ4n) is 1.69. The topological polar surface area (TPSA) is 72.2 Å². The van der Waals surface area contributed by atoms with Gasteiger partial charge in [-0.05, 0) is 41.4 Å². The molecule has 0 saturated heterocycles. The molecular formula is C12H11BrN2O3S. The number of nitrogens with zero attached hydrogens (tertiary/aromatic N) is 2. The molecule has 0 aliphatic heterocycles. The van der Waals surface area contributed by atoms with E-state index in [2.05, 4.69) is 20.9 Å². The van der Waals surface area contributed by atoms with E-state index in [1.165, 1.54) is 22.1 Å². The van der Waals surface area contributed by atoms with E-state index >= 15 is 0 Å². The molecule has 19 heavy (non-hydrogen) atoms. The first-order valence-electron chi connectivity index (χ1n) is 5.44. The summed E-state index contributed by atoms with van der Waals surface area (Å²) >= 11 is 4.36. The van der Waals surface area contributed by atoms with Gasteiger partial charge in [-0.3, -0.25) is 9.36 Å².